The summed E-state index contributed by atoms with van der Waals surface area (Å²) in [6.45, 7) is 1.45. The summed E-state index contributed by atoms with van der Waals surface area (Å²) in [6, 6.07) is 9.47. The molecule has 0 bridgehead atoms. The summed E-state index contributed by atoms with van der Waals surface area (Å²) in [5, 5.41) is 6.59. The minimum Gasteiger partial charge on any atom is -0.293 e. The van der Waals surface area contributed by atoms with Crippen LogP contribution in [0, 0.1) is 4.64 Å². The van der Waals surface area contributed by atoms with Crippen molar-refractivity contribution >= 4 is 18.0 Å². The number of H-pyrrole nitrogens is 1. The first-order valence-corrected chi connectivity index (χ1v) is 4.85. The van der Waals surface area contributed by atoms with Crippen LogP contribution in [0.15, 0.2) is 30.3 Å². The van der Waals surface area contributed by atoms with Crippen LogP contribution in [0.5, 0.6) is 0 Å². The zero-order chi connectivity index (χ0) is 10.8. The lowest BCUT2D eigenvalue weighted by Gasteiger charge is -1.99. The molecule has 76 valence electrons. The largest absolute Gasteiger partial charge is 0.293 e. The van der Waals surface area contributed by atoms with E-state index in [-0.39, 0.29) is 5.78 Å². The minimum atomic E-state index is -0.133. The van der Waals surface area contributed by atoms with Gasteiger partial charge in [-0.2, -0.15) is 5.10 Å². The van der Waals surface area contributed by atoms with Crippen molar-refractivity contribution in [3.05, 3.63) is 40.7 Å². The summed E-state index contributed by atoms with van der Waals surface area (Å²) in [5.41, 5.74) is 1.16. The molecule has 0 radical (unpaired) electrons. The Balaban J connectivity index is 2.57. The molecular weight excluding hydrogens is 210 g/mol. The summed E-state index contributed by atoms with van der Waals surface area (Å²) in [5.74, 6) is -0.133. The summed E-state index contributed by atoms with van der Waals surface area (Å²) in [7, 11) is 0. The second-order valence-electron chi connectivity index (χ2n) is 3.09. The van der Waals surface area contributed by atoms with E-state index in [1.807, 2.05) is 30.3 Å². The van der Waals surface area contributed by atoms with Crippen LogP contribution >= 0.6 is 12.2 Å². The molecule has 1 aromatic heterocycles. The van der Waals surface area contributed by atoms with E-state index in [9.17, 15) is 4.79 Å². The van der Waals surface area contributed by atoms with Gasteiger partial charge in [-0.1, -0.05) is 30.4 Å². The van der Waals surface area contributed by atoms with Crippen LogP contribution in [0.3, 0.4) is 0 Å². The fourth-order valence-corrected chi connectivity index (χ4v) is 1.62. The molecule has 5 heteroatoms. The molecule has 15 heavy (non-hydrogen) atoms. The molecule has 0 saturated carbocycles. The van der Waals surface area contributed by atoms with Gasteiger partial charge in [0.15, 0.2) is 16.1 Å². The molecule has 1 aromatic carbocycles. The SMILES string of the molecule is CC(=O)c1n[nH]n(-c2ccccc2)c1=S. The molecule has 0 aliphatic heterocycles. The van der Waals surface area contributed by atoms with Crippen molar-refractivity contribution in [2.45, 2.75) is 6.92 Å². The Morgan fingerprint density at radius 3 is 2.60 bits per heavy atom. The van der Waals surface area contributed by atoms with Gasteiger partial charge in [0.05, 0.1) is 5.69 Å². The van der Waals surface area contributed by atoms with E-state index in [0.29, 0.717) is 10.3 Å². The number of carbonyl (C=O) groups excluding carboxylic acids is 1. The standard InChI is InChI=1S/C10H9N3OS/c1-7(14)9-10(15)13(12-11-9)8-5-3-2-4-6-8/h2-6,12H,1H3. The van der Waals surface area contributed by atoms with Crippen LogP contribution in [0.2, 0.25) is 0 Å². The highest BCUT2D eigenvalue weighted by Gasteiger charge is 2.09. The normalized spacial score (nSPS) is 10.2. The van der Waals surface area contributed by atoms with Gasteiger partial charge in [-0.25, -0.2) is 9.90 Å². The van der Waals surface area contributed by atoms with E-state index in [0.717, 1.165) is 5.69 Å². The number of nitrogens with one attached hydrogen (secondary N) is 1. The van der Waals surface area contributed by atoms with Crippen LogP contribution in [0.1, 0.15) is 17.4 Å². The molecular formula is C10H9N3OS. The fraction of sp³-hybridized carbons (Fsp3) is 0.100. The average Bonchev–Trinajstić information content (AvgIpc) is 2.61. The molecule has 0 unspecified atom stereocenters. The van der Waals surface area contributed by atoms with Gasteiger partial charge in [0.25, 0.3) is 0 Å². The monoisotopic (exact) mass is 219 g/mol. The Labute approximate surface area is 91.5 Å². The lowest BCUT2D eigenvalue weighted by molar-refractivity contribution is 0.101. The number of ketones is 1. The Morgan fingerprint density at radius 2 is 2.07 bits per heavy atom. The lowest BCUT2D eigenvalue weighted by atomic mass is 10.3. The smallest absolute Gasteiger partial charge is 0.183 e. The summed E-state index contributed by atoms with van der Waals surface area (Å²) < 4.78 is 2.01. The Hall–Kier alpha value is -1.75. The van der Waals surface area contributed by atoms with Crippen molar-refractivity contribution in [3.8, 4) is 5.69 Å². The summed E-state index contributed by atoms with van der Waals surface area (Å²) >= 11 is 5.13. The van der Waals surface area contributed by atoms with Crippen molar-refractivity contribution in [2.24, 2.45) is 0 Å². The zero-order valence-electron chi connectivity index (χ0n) is 8.10. The molecule has 2 rings (SSSR count). The van der Waals surface area contributed by atoms with Gasteiger partial charge in [0, 0.05) is 6.92 Å². The van der Waals surface area contributed by atoms with E-state index in [1.54, 1.807) is 4.68 Å². The third-order valence-electron chi connectivity index (χ3n) is 2.02. The first-order valence-electron chi connectivity index (χ1n) is 4.44. The first kappa shape index (κ1) is 9.79. The maximum absolute atomic E-state index is 11.1. The molecule has 0 spiro atoms. The maximum atomic E-state index is 11.1. The lowest BCUT2D eigenvalue weighted by Crippen LogP contribution is -1.96. The van der Waals surface area contributed by atoms with E-state index in [2.05, 4.69) is 10.3 Å². The highest BCUT2D eigenvalue weighted by atomic mass is 32.1. The molecule has 4 nitrogen and oxygen atoms in total. The van der Waals surface area contributed by atoms with E-state index >= 15 is 0 Å². The average molecular weight is 219 g/mol. The highest BCUT2D eigenvalue weighted by molar-refractivity contribution is 7.71. The number of aromatic nitrogens is 3. The van der Waals surface area contributed by atoms with E-state index < -0.39 is 0 Å². The van der Waals surface area contributed by atoms with Gasteiger partial charge in [0.1, 0.15) is 0 Å². The van der Waals surface area contributed by atoms with Gasteiger partial charge in [-0.05, 0) is 12.1 Å². The Kier molecular flexibility index (Phi) is 2.47. The van der Waals surface area contributed by atoms with Gasteiger partial charge in [-0.3, -0.25) is 4.79 Å². The summed E-state index contributed by atoms with van der Waals surface area (Å²) in [6.07, 6.45) is 0. The highest BCUT2D eigenvalue weighted by Crippen LogP contribution is 2.08. The van der Waals surface area contributed by atoms with Crippen molar-refractivity contribution in [1.29, 1.82) is 0 Å². The van der Waals surface area contributed by atoms with Crippen molar-refractivity contribution in [3.63, 3.8) is 0 Å². The van der Waals surface area contributed by atoms with Crippen LogP contribution in [-0.2, 0) is 0 Å². The zero-order valence-corrected chi connectivity index (χ0v) is 8.91. The maximum Gasteiger partial charge on any atom is 0.183 e. The van der Waals surface area contributed by atoms with Gasteiger partial charge >= 0.3 is 0 Å². The van der Waals surface area contributed by atoms with Crippen LogP contribution in [0.25, 0.3) is 5.69 Å². The number of nitrogens with zero attached hydrogens (tertiary/aromatic N) is 2. The molecule has 2 aromatic rings. The number of para-hydroxylation sites is 1. The second kappa shape index (κ2) is 3.78. The van der Waals surface area contributed by atoms with Gasteiger partial charge < -0.3 is 0 Å². The molecule has 0 saturated heterocycles. The quantitative estimate of drug-likeness (QED) is 0.622. The van der Waals surface area contributed by atoms with Gasteiger partial charge in [0.2, 0.25) is 0 Å². The molecule has 0 atom stereocenters. The fourth-order valence-electron chi connectivity index (χ4n) is 1.28. The summed E-state index contributed by atoms with van der Waals surface area (Å²) in [4.78, 5) is 11.1. The topological polar surface area (TPSA) is 50.7 Å². The van der Waals surface area contributed by atoms with Crippen molar-refractivity contribution in [1.82, 2.24) is 15.0 Å². The number of carbonyl (C=O) groups is 1. The van der Waals surface area contributed by atoms with Crippen LogP contribution in [0.4, 0.5) is 0 Å². The van der Waals surface area contributed by atoms with E-state index in [4.69, 9.17) is 12.2 Å². The van der Waals surface area contributed by atoms with E-state index in [1.165, 1.54) is 6.92 Å². The molecule has 0 aliphatic carbocycles. The number of benzene rings is 1. The predicted molar refractivity (Wildman–Crippen MR) is 58.8 cm³/mol. The number of rotatable bonds is 2. The Morgan fingerprint density at radius 1 is 1.40 bits per heavy atom. The molecule has 1 heterocycles. The third-order valence-corrected chi connectivity index (χ3v) is 2.39. The van der Waals surface area contributed by atoms with Crippen molar-refractivity contribution in [2.75, 3.05) is 0 Å². The molecule has 0 fully saturated rings. The number of aromatic amines is 1. The van der Waals surface area contributed by atoms with Crippen LogP contribution < -0.4 is 0 Å². The van der Waals surface area contributed by atoms with Gasteiger partial charge in [-0.15, -0.1) is 0 Å². The molecule has 0 aliphatic rings. The Bertz CT molecular complexity index is 541. The minimum absolute atomic E-state index is 0.133. The number of Topliss-reactive ketones (excluding diaryl/α,β-unsaturated/α-hetero) is 1. The second-order valence-corrected chi connectivity index (χ2v) is 3.48. The third kappa shape index (κ3) is 1.73. The van der Waals surface area contributed by atoms with Crippen LogP contribution in [-0.4, -0.2) is 20.8 Å². The van der Waals surface area contributed by atoms with Crippen molar-refractivity contribution < 1.29 is 4.79 Å². The predicted octanol–water partition coefficient (Wildman–Crippen LogP) is 2.13. The number of hydrogen-bond donors (Lipinski definition) is 1. The number of hydrogen-bond acceptors (Lipinski definition) is 3. The molecule has 1 N–H and O–H groups in total. The first-order chi connectivity index (χ1) is 7.20. The molecule has 0 amide bonds.